The van der Waals surface area contributed by atoms with Crippen LogP contribution in [0.2, 0.25) is 0 Å². The van der Waals surface area contributed by atoms with E-state index in [1.165, 1.54) is 0 Å². The number of nitrogens with one attached hydrogen (secondary N) is 1. The molecule has 0 atom stereocenters. The Hall–Kier alpha value is -2.99. The Balaban J connectivity index is 1.69. The SMILES string of the molecule is C1=CC(c2nc3ccc(N4CCNCC4)nn3c2-c2ccncc2)=C1. The molecule has 0 bridgehead atoms. The molecule has 0 spiro atoms. The maximum atomic E-state index is 4.92. The predicted molar refractivity (Wildman–Crippen MR) is 98.4 cm³/mol. The van der Waals surface area contributed by atoms with Crippen LogP contribution in [0.4, 0.5) is 5.82 Å². The molecule has 0 saturated carbocycles. The fourth-order valence-electron chi connectivity index (χ4n) is 3.31. The van der Waals surface area contributed by atoms with Gasteiger partial charge >= 0.3 is 0 Å². The molecule has 25 heavy (non-hydrogen) atoms. The molecular weight excluding hydrogens is 312 g/mol. The third-order valence-corrected chi connectivity index (χ3v) is 4.68. The highest BCUT2D eigenvalue weighted by molar-refractivity contribution is 5.88. The molecule has 0 aromatic carbocycles. The summed E-state index contributed by atoms with van der Waals surface area (Å²) in [6.45, 7) is 3.92. The Morgan fingerprint density at radius 3 is 2.52 bits per heavy atom. The summed E-state index contributed by atoms with van der Waals surface area (Å²) in [5.41, 5.74) is 5.07. The van der Waals surface area contributed by atoms with Crippen LogP contribution in [-0.2, 0) is 0 Å². The molecule has 0 unspecified atom stereocenters. The van der Waals surface area contributed by atoms with E-state index in [2.05, 4.69) is 39.5 Å². The molecule has 1 fully saturated rings. The number of allylic oxidation sites excluding steroid dienone is 4. The summed E-state index contributed by atoms with van der Waals surface area (Å²) >= 11 is 0. The third-order valence-electron chi connectivity index (χ3n) is 4.68. The zero-order valence-electron chi connectivity index (χ0n) is 13.8. The average molecular weight is 330 g/mol. The summed E-state index contributed by atoms with van der Waals surface area (Å²) in [5, 5.41) is 8.30. The van der Waals surface area contributed by atoms with Gasteiger partial charge in [-0.1, -0.05) is 18.2 Å². The Morgan fingerprint density at radius 2 is 1.80 bits per heavy atom. The number of imidazole rings is 1. The number of piperazine rings is 1. The highest BCUT2D eigenvalue weighted by Gasteiger charge is 2.20. The lowest BCUT2D eigenvalue weighted by molar-refractivity contribution is 0.582. The van der Waals surface area contributed by atoms with Crippen molar-refractivity contribution >= 4 is 17.0 Å². The van der Waals surface area contributed by atoms with E-state index in [1.807, 2.05) is 35.1 Å². The van der Waals surface area contributed by atoms with Crippen molar-refractivity contribution in [2.24, 2.45) is 0 Å². The van der Waals surface area contributed by atoms with Crippen molar-refractivity contribution in [3.05, 3.63) is 60.6 Å². The minimum absolute atomic E-state index is 0.863. The average Bonchev–Trinajstić information content (AvgIpc) is 2.99. The van der Waals surface area contributed by atoms with Crippen LogP contribution in [0.5, 0.6) is 0 Å². The van der Waals surface area contributed by atoms with Crippen LogP contribution in [0, 0.1) is 0 Å². The van der Waals surface area contributed by atoms with Crippen LogP contribution < -0.4 is 10.2 Å². The minimum atomic E-state index is 0.863. The summed E-state index contributed by atoms with van der Waals surface area (Å²) < 4.78 is 1.97. The Kier molecular flexibility index (Phi) is 3.34. The molecule has 6 nitrogen and oxygen atoms in total. The number of hydrogen-bond acceptors (Lipinski definition) is 5. The molecule has 1 saturated heterocycles. The zero-order chi connectivity index (χ0) is 16.6. The van der Waals surface area contributed by atoms with Crippen molar-refractivity contribution in [3.63, 3.8) is 0 Å². The van der Waals surface area contributed by atoms with E-state index >= 15 is 0 Å². The van der Waals surface area contributed by atoms with E-state index in [4.69, 9.17) is 10.1 Å². The molecule has 3 aromatic rings. The van der Waals surface area contributed by atoms with Gasteiger partial charge in [0.15, 0.2) is 5.65 Å². The number of pyridine rings is 1. The Bertz CT molecular complexity index is 980. The van der Waals surface area contributed by atoms with Crippen LogP contribution in [0.25, 0.3) is 22.5 Å². The molecule has 5 rings (SSSR count). The maximum Gasteiger partial charge on any atom is 0.155 e. The first kappa shape index (κ1) is 14.4. The van der Waals surface area contributed by atoms with Crippen LogP contribution in [0.1, 0.15) is 5.69 Å². The quantitative estimate of drug-likeness (QED) is 0.797. The third kappa shape index (κ3) is 2.42. The topological polar surface area (TPSA) is 58.4 Å². The lowest BCUT2D eigenvalue weighted by Gasteiger charge is -2.28. The molecule has 3 aromatic heterocycles. The van der Waals surface area contributed by atoms with Gasteiger partial charge in [-0.05, 0) is 24.3 Å². The summed E-state index contributed by atoms with van der Waals surface area (Å²) in [4.78, 5) is 11.3. The van der Waals surface area contributed by atoms with Gasteiger partial charge in [-0.15, -0.1) is 5.10 Å². The highest BCUT2D eigenvalue weighted by Crippen LogP contribution is 2.32. The van der Waals surface area contributed by atoms with Crippen molar-refractivity contribution in [1.29, 1.82) is 0 Å². The smallest absolute Gasteiger partial charge is 0.155 e. The van der Waals surface area contributed by atoms with E-state index in [-0.39, 0.29) is 0 Å². The minimum Gasteiger partial charge on any atom is -0.353 e. The Morgan fingerprint density at radius 1 is 1.00 bits per heavy atom. The summed E-state index contributed by atoms with van der Waals surface area (Å²) in [6.07, 6.45) is 9.83. The number of fused-ring (bicyclic) bond motifs is 1. The molecule has 2 aliphatic rings. The largest absolute Gasteiger partial charge is 0.353 e. The predicted octanol–water partition coefficient (Wildman–Crippen LogP) is 2.15. The van der Waals surface area contributed by atoms with Gasteiger partial charge in [-0.3, -0.25) is 4.98 Å². The Labute approximate surface area is 145 Å². The number of rotatable bonds is 3. The van der Waals surface area contributed by atoms with E-state index in [0.29, 0.717) is 0 Å². The number of nitrogens with zero attached hydrogens (tertiary/aromatic N) is 5. The lowest BCUT2D eigenvalue weighted by Crippen LogP contribution is -2.44. The second-order valence-electron chi connectivity index (χ2n) is 6.22. The van der Waals surface area contributed by atoms with E-state index in [0.717, 1.165) is 60.2 Å². The van der Waals surface area contributed by atoms with E-state index in [1.54, 1.807) is 0 Å². The number of hydrogen-bond donors (Lipinski definition) is 1. The van der Waals surface area contributed by atoms with Crippen molar-refractivity contribution in [1.82, 2.24) is 24.9 Å². The molecule has 4 heterocycles. The van der Waals surface area contributed by atoms with E-state index in [9.17, 15) is 0 Å². The second-order valence-corrected chi connectivity index (χ2v) is 6.22. The summed E-state index contributed by atoms with van der Waals surface area (Å²) in [6, 6.07) is 8.14. The highest BCUT2D eigenvalue weighted by atomic mass is 15.3. The normalized spacial score (nSPS) is 16.8. The molecular formula is C19H18N6. The molecule has 6 heteroatoms. The van der Waals surface area contributed by atoms with Crippen molar-refractivity contribution < 1.29 is 0 Å². The van der Waals surface area contributed by atoms with Gasteiger partial charge < -0.3 is 10.2 Å². The first-order chi connectivity index (χ1) is 12.4. The molecule has 1 aliphatic heterocycles. The first-order valence-electron chi connectivity index (χ1n) is 8.55. The molecule has 0 radical (unpaired) electrons. The van der Waals surface area contributed by atoms with Crippen LogP contribution in [0.15, 0.2) is 54.9 Å². The van der Waals surface area contributed by atoms with Gasteiger partial charge in [-0.25, -0.2) is 9.50 Å². The van der Waals surface area contributed by atoms with Gasteiger partial charge in [0.1, 0.15) is 11.5 Å². The number of anilines is 1. The standard InChI is InChI=1S/C19H18N6/c1-2-14(3-1)18-19(15-6-8-20-9-7-15)25-16(22-18)4-5-17(23-25)24-12-10-21-11-13-24/h1-9,21H,10-13H2. The molecule has 1 N–H and O–H groups in total. The van der Waals surface area contributed by atoms with Crippen LogP contribution >= 0.6 is 0 Å². The van der Waals surface area contributed by atoms with Gasteiger partial charge in [0.2, 0.25) is 0 Å². The summed E-state index contributed by atoms with van der Waals surface area (Å²) in [5.74, 6) is 0.992. The van der Waals surface area contributed by atoms with Crippen molar-refractivity contribution in [2.75, 3.05) is 31.1 Å². The fraction of sp³-hybridized carbons (Fsp3) is 0.211. The monoisotopic (exact) mass is 330 g/mol. The lowest BCUT2D eigenvalue weighted by atomic mass is 10.0. The van der Waals surface area contributed by atoms with Gasteiger partial charge in [0, 0.05) is 49.7 Å². The van der Waals surface area contributed by atoms with Crippen molar-refractivity contribution in [2.45, 2.75) is 0 Å². The number of aromatic nitrogens is 4. The van der Waals surface area contributed by atoms with Gasteiger partial charge in [0.05, 0.1) is 5.69 Å². The van der Waals surface area contributed by atoms with E-state index < -0.39 is 0 Å². The van der Waals surface area contributed by atoms with Crippen LogP contribution in [0.3, 0.4) is 0 Å². The first-order valence-corrected chi connectivity index (χ1v) is 8.55. The van der Waals surface area contributed by atoms with Crippen LogP contribution in [-0.4, -0.2) is 45.8 Å². The molecule has 124 valence electrons. The fourth-order valence-corrected chi connectivity index (χ4v) is 3.31. The summed E-state index contributed by atoms with van der Waals surface area (Å²) in [7, 11) is 0. The zero-order valence-corrected chi connectivity index (χ0v) is 13.8. The van der Waals surface area contributed by atoms with Gasteiger partial charge in [0.25, 0.3) is 0 Å². The molecule has 0 amide bonds. The maximum absolute atomic E-state index is 4.92. The van der Waals surface area contributed by atoms with Gasteiger partial charge in [-0.2, -0.15) is 0 Å². The van der Waals surface area contributed by atoms with Crippen molar-refractivity contribution in [3.8, 4) is 11.3 Å². The second kappa shape index (κ2) is 5.82. The molecule has 1 aliphatic carbocycles.